The number of fused-ring (bicyclic) bond motifs is 1. The minimum absolute atomic E-state index is 0.196. The van der Waals surface area contributed by atoms with Crippen LogP contribution in [0.3, 0.4) is 0 Å². The third-order valence-electron chi connectivity index (χ3n) is 6.45. The van der Waals surface area contributed by atoms with Gasteiger partial charge in [0.1, 0.15) is 17.8 Å². The first-order chi connectivity index (χ1) is 15.3. The van der Waals surface area contributed by atoms with Crippen molar-refractivity contribution in [3.05, 3.63) is 66.0 Å². The first-order valence-corrected chi connectivity index (χ1v) is 11.1. The molecule has 5 atom stereocenters. The molecule has 3 unspecified atom stereocenters. The van der Waals surface area contributed by atoms with Crippen LogP contribution < -0.4 is 16.0 Å². The van der Waals surface area contributed by atoms with E-state index in [-0.39, 0.29) is 41.5 Å². The van der Waals surface area contributed by atoms with Crippen LogP contribution in [0.25, 0.3) is 0 Å². The molecule has 32 heavy (non-hydrogen) atoms. The molecule has 6 nitrogen and oxygen atoms in total. The number of hydrogen-bond acceptors (Lipinski definition) is 5. The van der Waals surface area contributed by atoms with Gasteiger partial charge in [0, 0.05) is 24.0 Å². The quantitative estimate of drug-likeness (QED) is 0.663. The third kappa shape index (κ3) is 3.99. The zero-order chi connectivity index (χ0) is 22.5. The van der Waals surface area contributed by atoms with E-state index in [0.717, 1.165) is 16.9 Å². The largest absolute Gasteiger partial charge is 0.379 e. The molecular formula is C25H27FN4O2. The molecule has 2 fully saturated rings. The molecule has 0 bridgehead atoms. The fourth-order valence-electron chi connectivity index (χ4n) is 4.83. The lowest BCUT2D eigenvalue weighted by Crippen LogP contribution is -2.38. The third-order valence-corrected chi connectivity index (χ3v) is 6.45. The van der Waals surface area contributed by atoms with E-state index in [4.69, 9.17) is 0 Å². The van der Waals surface area contributed by atoms with Gasteiger partial charge in [-0.3, -0.25) is 9.59 Å². The second-order valence-corrected chi connectivity index (χ2v) is 9.69. The van der Waals surface area contributed by atoms with Crippen LogP contribution in [0.5, 0.6) is 0 Å². The molecule has 2 aliphatic carbocycles. The molecule has 1 aromatic carbocycles. The van der Waals surface area contributed by atoms with Crippen molar-refractivity contribution in [2.75, 3.05) is 10.6 Å². The maximum absolute atomic E-state index is 13.2. The summed E-state index contributed by atoms with van der Waals surface area (Å²) >= 11 is 0. The molecule has 3 N–H and O–H groups in total. The van der Waals surface area contributed by atoms with E-state index in [9.17, 15) is 14.0 Å². The van der Waals surface area contributed by atoms with Crippen LogP contribution in [0.1, 0.15) is 38.3 Å². The number of ketones is 1. The number of halogens is 1. The number of benzene rings is 1. The zero-order valence-electron chi connectivity index (χ0n) is 18.1. The monoisotopic (exact) mass is 434 g/mol. The number of carbonyl (C=O) groups excluding carboxylic acids is 2. The van der Waals surface area contributed by atoms with Crippen molar-refractivity contribution in [3.63, 3.8) is 0 Å². The summed E-state index contributed by atoms with van der Waals surface area (Å²) in [6.45, 7) is 4.14. The van der Waals surface area contributed by atoms with Gasteiger partial charge in [-0.15, -0.1) is 0 Å². The molecule has 166 valence electrons. The van der Waals surface area contributed by atoms with Gasteiger partial charge in [-0.2, -0.15) is 0 Å². The molecule has 1 saturated heterocycles. The Bertz CT molecular complexity index is 1080. The van der Waals surface area contributed by atoms with Crippen LogP contribution >= 0.6 is 0 Å². The van der Waals surface area contributed by atoms with Crippen molar-refractivity contribution in [3.8, 4) is 0 Å². The Morgan fingerprint density at radius 1 is 1.22 bits per heavy atom. The van der Waals surface area contributed by atoms with Crippen molar-refractivity contribution in [2.45, 2.75) is 44.9 Å². The van der Waals surface area contributed by atoms with E-state index in [0.29, 0.717) is 12.2 Å². The van der Waals surface area contributed by atoms with Gasteiger partial charge in [0.05, 0.1) is 23.9 Å². The van der Waals surface area contributed by atoms with Crippen molar-refractivity contribution >= 4 is 23.2 Å². The lowest BCUT2D eigenvalue weighted by atomic mass is 9.74. The van der Waals surface area contributed by atoms with Crippen molar-refractivity contribution in [1.82, 2.24) is 10.3 Å². The molecule has 1 saturated carbocycles. The summed E-state index contributed by atoms with van der Waals surface area (Å²) in [4.78, 5) is 29.6. The summed E-state index contributed by atoms with van der Waals surface area (Å²) in [5.74, 6) is -0.596. The number of carbonyl (C=O) groups is 2. The molecule has 7 heteroatoms. The molecule has 0 spiro atoms. The number of alkyl halides is 1. The number of Topliss-reactive ketones (excluding diaryl/α,β-unsaturated/α-hetero) is 1. The minimum Gasteiger partial charge on any atom is -0.379 e. The van der Waals surface area contributed by atoms with Gasteiger partial charge in [-0.1, -0.05) is 38.1 Å². The van der Waals surface area contributed by atoms with Crippen LogP contribution in [0, 0.1) is 17.3 Å². The van der Waals surface area contributed by atoms with Crippen LogP contribution in [-0.2, 0) is 9.59 Å². The minimum atomic E-state index is -1.06. The highest BCUT2D eigenvalue weighted by molar-refractivity contribution is 5.94. The van der Waals surface area contributed by atoms with Crippen LogP contribution in [0.2, 0.25) is 0 Å². The fraction of sp³-hybridized carbons (Fsp3) is 0.400. The number of hydrogen-bond donors (Lipinski definition) is 3. The second-order valence-electron chi connectivity index (χ2n) is 9.69. The highest BCUT2D eigenvalue weighted by Crippen LogP contribution is 2.44. The molecule has 1 aliphatic heterocycles. The number of pyridine rings is 1. The number of nitrogens with one attached hydrogen (secondary N) is 3. The van der Waals surface area contributed by atoms with Gasteiger partial charge in [-0.25, -0.2) is 9.37 Å². The molecule has 1 amide bonds. The Morgan fingerprint density at radius 3 is 2.69 bits per heavy atom. The lowest BCUT2D eigenvalue weighted by molar-refractivity contribution is -0.124. The maximum atomic E-state index is 13.2. The van der Waals surface area contributed by atoms with E-state index < -0.39 is 12.1 Å². The SMILES string of the molecule is CC1(C)C=C2NC(c3ccnc(NC(=O)[C@H]4C[C@H]4F)c3)C(Nc3ccccc3)C2C(=O)C1. The van der Waals surface area contributed by atoms with Gasteiger partial charge < -0.3 is 16.0 Å². The van der Waals surface area contributed by atoms with E-state index in [2.05, 4.69) is 40.9 Å². The number of nitrogens with zero attached hydrogens (tertiary/aromatic N) is 1. The van der Waals surface area contributed by atoms with Crippen LogP contribution in [-0.4, -0.2) is 28.9 Å². The van der Waals surface area contributed by atoms with E-state index in [1.807, 2.05) is 36.4 Å². The molecule has 2 aromatic rings. The van der Waals surface area contributed by atoms with E-state index in [1.165, 1.54) is 0 Å². The number of aromatic nitrogens is 1. The molecule has 2 heterocycles. The summed E-state index contributed by atoms with van der Waals surface area (Å²) < 4.78 is 13.2. The Kier molecular flexibility index (Phi) is 4.99. The Hall–Kier alpha value is -3.22. The van der Waals surface area contributed by atoms with Gasteiger partial charge in [-0.05, 0) is 41.7 Å². The van der Waals surface area contributed by atoms with Crippen LogP contribution in [0.4, 0.5) is 15.9 Å². The smallest absolute Gasteiger partial charge is 0.231 e. The van der Waals surface area contributed by atoms with E-state index >= 15 is 0 Å². The van der Waals surface area contributed by atoms with Crippen LogP contribution in [0.15, 0.2) is 60.4 Å². The number of rotatable bonds is 5. The Labute approximate surface area is 186 Å². The zero-order valence-corrected chi connectivity index (χ0v) is 18.1. The predicted molar refractivity (Wildman–Crippen MR) is 121 cm³/mol. The molecule has 0 radical (unpaired) electrons. The molecular weight excluding hydrogens is 407 g/mol. The summed E-state index contributed by atoms with van der Waals surface area (Å²) in [5.41, 5.74) is 2.57. The molecule has 5 rings (SSSR count). The number of allylic oxidation sites excluding steroid dienone is 1. The van der Waals surface area contributed by atoms with Crippen molar-refractivity contribution in [1.29, 1.82) is 0 Å². The first kappa shape index (κ1) is 20.7. The predicted octanol–water partition coefficient (Wildman–Crippen LogP) is 4.00. The number of para-hydroxylation sites is 1. The average molecular weight is 435 g/mol. The number of amides is 1. The maximum Gasteiger partial charge on any atom is 0.231 e. The fourth-order valence-corrected chi connectivity index (χ4v) is 4.83. The van der Waals surface area contributed by atoms with Crippen molar-refractivity contribution < 1.29 is 14.0 Å². The van der Waals surface area contributed by atoms with Gasteiger partial charge in [0.2, 0.25) is 5.91 Å². The lowest BCUT2D eigenvalue weighted by Gasteiger charge is -2.31. The van der Waals surface area contributed by atoms with Gasteiger partial charge >= 0.3 is 0 Å². The number of anilines is 2. The van der Waals surface area contributed by atoms with Crippen molar-refractivity contribution in [2.24, 2.45) is 17.3 Å². The average Bonchev–Trinajstić information content (AvgIpc) is 3.37. The Morgan fingerprint density at radius 2 is 1.97 bits per heavy atom. The highest BCUT2D eigenvalue weighted by Gasteiger charge is 2.48. The molecule has 3 aliphatic rings. The summed E-state index contributed by atoms with van der Waals surface area (Å²) in [7, 11) is 0. The van der Waals surface area contributed by atoms with Gasteiger partial charge in [0.15, 0.2) is 0 Å². The summed E-state index contributed by atoms with van der Waals surface area (Å²) in [5, 5.41) is 9.85. The second kappa shape index (κ2) is 7.73. The normalized spacial score (nSPS) is 30.0. The topological polar surface area (TPSA) is 83.1 Å². The first-order valence-electron chi connectivity index (χ1n) is 11.1. The van der Waals surface area contributed by atoms with E-state index in [1.54, 1.807) is 12.3 Å². The summed E-state index contributed by atoms with van der Waals surface area (Å²) in [6.07, 6.45) is 3.50. The molecule has 1 aromatic heterocycles. The Balaban J connectivity index is 1.46. The summed E-state index contributed by atoms with van der Waals surface area (Å²) in [6, 6.07) is 13.1. The standard InChI is InChI=1S/C25H27FN4O2/c1-25(2)12-18-21(19(31)13-25)23(28-15-6-4-3-5-7-15)22(29-18)14-8-9-27-20(10-14)30-24(32)16-11-17(16)26/h3-10,12,16-17,21-23,28-29H,11,13H2,1-2H3,(H,27,30,32)/t16-,17+,21?,22?,23?/m0/s1. The van der Waals surface area contributed by atoms with Gasteiger partial charge in [0.25, 0.3) is 0 Å². The highest BCUT2D eigenvalue weighted by atomic mass is 19.1.